The molecule has 0 saturated carbocycles. The number of hydrogen-bond acceptors (Lipinski definition) is 4. The second kappa shape index (κ2) is 15.6. The molecule has 1 aliphatic carbocycles. The zero-order valence-corrected chi connectivity index (χ0v) is 22.2. The Bertz CT molecular complexity index is 1030. The number of allylic oxidation sites excluding steroid dienone is 3. The molecule has 6 nitrogen and oxygen atoms in total. The molecule has 2 N–H and O–H groups in total. The van der Waals surface area contributed by atoms with Crippen molar-refractivity contribution in [2.24, 2.45) is 5.92 Å². The van der Waals surface area contributed by atoms with Crippen LogP contribution >= 0.6 is 0 Å². The summed E-state index contributed by atoms with van der Waals surface area (Å²) in [6.07, 6.45) is 9.05. The molecule has 0 amide bonds. The van der Waals surface area contributed by atoms with Crippen LogP contribution in [0.15, 0.2) is 59.7 Å². The van der Waals surface area contributed by atoms with Gasteiger partial charge in [-0.1, -0.05) is 69.4 Å². The first-order valence-corrected chi connectivity index (χ1v) is 12.6. The van der Waals surface area contributed by atoms with Gasteiger partial charge in [0.1, 0.15) is 6.10 Å². The number of aliphatic carboxylic acids is 2. The molecular formula is C30H40O6. The summed E-state index contributed by atoms with van der Waals surface area (Å²) < 4.78 is 5.85. The fourth-order valence-electron chi connectivity index (χ4n) is 4.09. The van der Waals surface area contributed by atoms with E-state index in [0.717, 1.165) is 28.7 Å². The molecule has 0 aliphatic heterocycles. The summed E-state index contributed by atoms with van der Waals surface area (Å²) in [6.45, 7) is 13.6. The zero-order chi connectivity index (χ0) is 27.3. The van der Waals surface area contributed by atoms with Crippen molar-refractivity contribution >= 4 is 24.0 Å². The minimum atomic E-state index is -1.19. The summed E-state index contributed by atoms with van der Waals surface area (Å²) in [7, 11) is 0. The number of rotatable bonds is 8. The van der Waals surface area contributed by atoms with E-state index in [0.29, 0.717) is 12.8 Å². The Morgan fingerprint density at radius 1 is 1.14 bits per heavy atom. The lowest BCUT2D eigenvalue weighted by atomic mass is 9.85. The normalized spacial score (nSPS) is 21.1. The van der Waals surface area contributed by atoms with Gasteiger partial charge in [0.05, 0.1) is 6.42 Å². The SMILES string of the molecule is C=C(C(=O)O)C1CC/C(C(=O)O)=C/CC/C(C)=C/C1OC(=O)Cc1cccc(C)c1/C=C\CC.CC. The maximum Gasteiger partial charge on any atom is 0.331 e. The van der Waals surface area contributed by atoms with E-state index in [1.807, 2.05) is 65.0 Å². The van der Waals surface area contributed by atoms with Crippen molar-refractivity contribution in [3.63, 3.8) is 0 Å². The first-order valence-electron chi connectivity index (χ1n) is 12.6. The van der Waals surface area contributed by atoms with Crippen LogP contribution in [-0.2, 0) is 25.5 Å². The van der Waals surface area contributed by atoms with Crippen molar-refractivity contribution in [2.45, 2.75) is 79.2 Å². The zero-order valence-electron chi connectivity index (χ0n) is 22.2. The average molecular weight is 497 g/mol. The number of hydrogen-bond donors (Lipinski definition) is 2. The molecule has 1 aromatic carbocycles. The summed E-state index contributed by atoms with van der Waals surface area (Å²) in [5, 5.41) is 19.1. The molecule has 0 heterocycles. The highest BCUT2D eigenvalue weighted by atomic mass is 16.5. The van der Waals surface area contributed by atoms with Crippen LogP contribution in [0.3, 0.4) is 0 Å². The third-order valence-corrected chi connectivity index (χ3v) is 6.03. The smallest absolute Gasteiger partial charge is 0.331 e. The first kappa shape index (κ1) is 30.6. The lowest BCUT2D eigenvalue weighted by molar-refractivity contribution is -0.149. The van der Waals surface area contributed by atoms with Gasteiger partial charge in [-0.3, -0.25) is 4.79 Å². The van der Waals surface area contributed by atoms with Crippen molar-refractivity contribution < 1.29 is 29.3 Å². The Kier molecular flexibility index (Phi) is 13.2. The standard InChI is InChI=1S/C28H34O6.C2H6/c1-5-6-13-23-19(3)10-8-12-22(23)17-26(29)34-25-16-18(2)9-7-11-21(28(32)33)14-15-24(25)20(4)27(30)31;1-2/h6,8,10-13,16,24-25H,4-5,7,9,14-15,17H2,1-3H3,(H,30,31)(H,32,33);1-2H3/b13-6-,18-16+,21-11-;. The molecule has 196 valence electrons. The Balaban J connectivity index is 0.00000316. The van der Waals surface area contributed by atoms with E-state index < -0.39 is 29.9 Å². The van der Waals surface area contributed by atoms with Crippen LogP contribution in [0.4, 0.5) is 0 Å². The molecule has 2 atom stereocenters. The van der Waals surface area contributed by atoms with Crippen molar-refractivity contribution in [1.82, 2.24) is 0 Å². The van der Waals surface area contributed by atoms with Crippen LogP contribution in [0.2, 0.25) is 0 Å². The molecule has 2 unspecified atom stereocenters. The maximum absolute atomic E-state index is 13.0. The predicted molar refractivity (Wildman–Crippen MR) is 144 cm³/mol. The van der Waals surface area contributed by atoms with E-state index >= 15 is 0 Å². The summed E-state index contributed by atoms with van der Waals surface area (Å²) in [6, 6.07) is 5.76. The molecule has 0 bridgehead atoms. The van der Waals surface area contributed by atoms with Gasteiger partial charge in [0, 0.05) is 17.1 Å². The molecule has 2 rings (SSSR count). The maximum atomic E-state index is 13.0. The van der Waals surface area contributed by atoms with Crippen LogP contribution in [0.25, 0.3) is 6.08 Å². The van der Waals surface area contributed by atoms with Crippen LogP contribution in [0.1, 0.15) is 76.5 Å². The third kappa shape index (κ3) is 9.33. The Hall–Kier alpha value is -3.41. The van der Waals surface area contributed by atoms with Crippen molar-refractivity contribution in [3.05, 3.63) is 76.4 Å². The van der Waals surface area contributed by atoms with Crippen molar-refractivity contribution in [2.75, 3.05) is 0 Å². The van der Waals surface area contributed by atoms with Gasteiger partial charge < -0.3 is 14.9 Å². The Labute approximate surface area is 215 Å². The summed E-state index contributed by atoms with van der Waals surface area (Å²) in [5.74, 6) is -3.43. The third-order valence-electron chi connectivity index (χ3n) is 6.03. The monoisotopic (exact) mass is 496 g/mol. The quantitative estimate of drug-likeness (QED) is 0.236. The van der Waals surface area contributed by atoms with Gasteiger partial charge in [0.2, 0.25) is 0 Å². The number of carboxylic acids is 2. The molecule has 0 radical (unpaired) electrons. The minimum Gasteiger partial charge on any atom is -0.478 e. The van der Waals surface area contributed by atoms with Gasteiger partial charge in [-0.2, -0.15) is 0 Å². The van der Waals surface area contributed by atoms with Gasteiger partial charge in [0.25, 0.3) is 0 Å². The Morgan fingerprint density at radius 2 is 1.83 bits per heavy atom. The number of esters is 1. The molecule has 1 aromatic rings. The number of benzene rings is 1. The molecule has 0 spiro atoms. The lowest BCUT2D eigenvalue weighted by Gasteiger charge is -2.27. The number of carbonyl (C=O) groups excluding carboxylic acids is 1. The van der Waals surface area contributed by atoms with E-state index in [1.165, 1.54) is 0 Å². The lowest BCUT2D eigenvalue weighted by Crippen LogP contribution is -2.30. The van der Waals surface area contributed by atoms with E-state index in [2.05, 4.69) is 6.58 Å². The number of carbonyl (C=O) groups is 3. The van der Waals surface area contributed by atoms with Gasteiger partial charge in [-0.25, -0.2) is 9.59 Å². The van der Waals surface area contributed by atoms with Crippen LogP contribution in [0.5, 0.6) is 0 Å². The van der Waals surface area contributed by atoms with Crippen molar-refractivity contribution in [1.29, 1.82) is 0 Å². The fraction of sp³-hybridized carbons (Fsp3) is 0.433. The summed E-state index contributed by atoms with van der Waals surface area (Å²) >= 11 is 0. The Morgan fingerprint density at radius 3 is 2.44 bits per heavy atom. The summed E-state index contributed by atoms with van der Waals surface area (Å²) in [5.41, 5.74) is 3.88. The highest BCUT2D eigenvalue weighted by molar-refractivity contribution is 5.88. The van der Waals surface area contributed by atoms with Crippen LogP contribution in [0, 0.1) is 12.8 Å². The largest absolute Gasteiger partial charge is 0.478 e. The van der Waals surface area contributed by atoms with E-state index in [-0.39, 0.29) is 30.4 Å². The minimum absolute atomic E-state index is 0.0427. The van der Waals surface area contributed by atoms with Crippen molar-refractivity contribution in [3.8, 4) is 0 Å². The summed E-state index contributed by atoms with van der Waals surface area (Å²) in [4.78, 5) is 36.4. The highest BCUT2D eigenvalue weighted by Gasteiger charge is 2.30. The average Bonchev–Trinajstić information content (AvgIpc) is 2.83. The fourth-order valence-corrected chi connectivity index (χ4v) is 4.09. The topological polar surface area (TPSA) is 101 Å². The molecule has 0 saturated heterocycles. The molecule has 0 fully saturated rings. The predicted octanol–water partition coefficient (Wildman–Crippen LogP) is 6.69. The first-order chi connectivity index (χ1) is 17.1. The molecular weight excluding hydrogens is 456 g/mol. The second-order valence-corrected chi connectivity index (χ2v) is 8.65. The highest BCUT2D eigenvalue weighted by Crippen LogP contribution is 2.29. The van der Waals surface area contributed by atoms with Crippen LogP contribution < -0.4 is 0 Å². The molecule has 0 aromatic heterocycles. The van der Waals surface area contributed by atoms with E-state index in [9.17, 15) is 24.6 Å². The van der Waals surface area contributed by atoms with Gasteiger partial charge in [-0.15, -0.1) is 0 Å². The van der Waals surface area contributed by atoms with E-state index in [1.54, 1.807) is 12.2 Å². The van der Waals surface area contributed by atoms with E-state index in [4.69, 9.17) is 4.74 Å². The molecule has 6 heteroatoms. The molecule has 1 aliphatic rings. The van der Waals surface area contributed by atoms with Crippen LogP contribution in [-0.4, -0.2) is 34.2 Å². The molecule has 36 heavy (non-hydrogen) atoms. The van der Waals surface area contributed by atoms with Gasteiger partial charge in [0.15, 0.2) is 0 Å². The van der Waals surface area contributed by atoms with Gasteiger partial charge >= 0.3 is 17.9 Å². The number of ether oxygens (including phenoxy) is 1. The second-order valence-electron chi connectivity index (χ2n) is 8.65. The van der Waals surface area contributed by atoms with Gasteiger partial charge in [-0.05, 0) is 68.7 Å². The number of aryl methyl sites for hydroxylation is 1. The number of carboxylic acid groups (broad SMARTS) is 2.